The summed E-state index contributed by atoms with van der Waals surface area (Å²) in [5.41, 5.74) is 2.98. The van der Waals surface area contributed by atoms with Crippen molar-refractivity contribution in [2.45, 2.75) is 0 Å². The summed E-state index contributed by atoms with van der Waals surface area (Å²) >= 11 is 6.11. The Kier molecular flexibility index (Phi) is 4.96. The van der Waals surface area contributed by atoms with Crippen LogP contribution in [0.3, 0.4) is 0 Å². The van der Waals surface area contributed by atoms with Crippen LogP contribution in [0.1, 0.15) is 26.3 Å². The van der Waals surface area contributed by atoms with Gasteiger partial charge < -0.3 is 4.74 Å². The van der Waals surface area contributed by atoms with Crippen LogP contribution in [0.2, 0.25) is 5.02 Å². The predicted octanol–water partition coefficient (Wildman–Crippen LogP) is 5.13. The van der Waals surface area contributed by atoms with E-state index in [1.807, 2.05) is 42.5 Å². The lowest BCUT2D eigenvalue weighted by atomic mass is 10.0. The van der Waals surface area contributed by atoms with Crippen molar-refractivity contribution in [2.24, 2.45) is 0 Å². The van der Waals surface area contributed by atoms with Crippen LogP contribution in [0.25, 0.3) is 17.2 Å². The van der Waals surface area contributed by atoms with E-state index < -0.39 is 5.97 Å². The van der Waals surface area contributed by atoms with Gasteiger partial charge in [-0.3, -0.25) is 4.79 Å². The molecule has 3 rings (SSSR count). The number of hydrogen-bond donors (Lipinski definition) is 0. The molecule has 2 aliphatic carbocycles. The van der Waals surface area contributed by atoms with E-state index in [1.165, 1.54) is 13.2 Å². The molecule has 0 amide bonds. The molecule has 0 saturated heterocycles. The molecule has 0 bridgehead atoms. The third kappa shape index (κ3) is 3.47. The van der Waals surface area contributed by atoms with Gasteiger partial charge in [0.1, 0.15) is 0 Å². The van der Waals surface area contributed by atoms with Gasteiger partial charge in [0.15, 0.2) is 5.78 Å². The van der Waals surface area contributed by atoms with Gasteiger partial charge >= 0.3 is 5.97 Å². The van der Waals surface area contributed by atoms with Gasteiger partial charge in [-0.2, -0.15) is 0 Å². The molecular weight excluding hydrogens is 336 g/mol. The highest BCUT2D eigenvalue weighted by atomic mass is 35.5. The predicted molar refractivity (Wildman–Crippen MR) is 99.2 cm³/mol. The summed E-state index contributed by atoms with van der Waals surface area (Å²) in [6.07, 6.45) is 3.13. The van der Waals surface area contributed by atoms with Crippen LogP contribution in [0.4, 0.5) is 0 Å². The van der Waals surface area contributed by atoms with Gasteiger partial charge in [-0.15, -0.1) is 0 Å². The Balaban J connectivity index is 2.03. The van der Waals surface area contributed by atoms with Gasteiger partial charge in [0.05, 0.1) is 12.7 Å². The molecule has 2 aliphatic rings. The molecule has 1 aromatic rings. The lowest BCUT2D eigenvalue weighted by molar-refractivity contribution is 0.0602. The van der Waals surface area contributed by atoms with Crippen LogP contribution < -0.4 is 0 Å². The number of ketones is 1. The van der Waals surface area contributed by atoms with Gasteiger partial charge in [0.2, 0.25) is 0 Å². The molecule has 0 unspecified atom stereocenters. The highest BCUT2D eigenvalue weighted by Crippen LogP contribution is 2.33. The minimum Gasteiger partial charge on any atom is -0.465 e. The fraction of sp³-hybridized carbons (Fsp3) is 0.0476. The van der Waals surface area contributed by atoms with Gasteiger partial charge in [-0.25, -0.2) is 4.79 Å². The van der Waals surface area contributed by atoms with Crippen molar-refractivity contribution in [1.29, 1.82) is 0 Å². The van der Waals surface area contributed by atoms with Crippen LogP contribution in [-0.4, -0.2) is 18.9 Å². The summed E-state index contributed by atoms with van der Waals surface area (Å²) in [6, 6.07) is 18.0. The van der Waals surface area contributed by atoms with E-state index in [0.717, 1.165) is 5.56 Å². The third-order valence-corrected chi connectivity index (χ3v) is 4.24. The number of benzene rings is 1. The van der Waals surface area contributed by atoms with E-state index in [1.54, 1.807) is 24.3 Å². The van der Waals surface area contributed by atoms with E-state index >= 15 is 0 Å². The number of carbonyl (C=O) groups excluding carboxylic acids is 2. The summed E-state index contributed by atoms with van der Waals surface area (Å²) < 4.78 is 4.83. The van der Waals surface area contributed by atoms with E-state index in [9.17, 15) is 9.59 Å². The first-order valence-corrected chi connectivity index (χ1v) is 8.06. The van der Waals surface area contributed by atoms with Crippen LogP contribution in [0, 0.1) is 0 Å². The average molecular weight is 351 g/mol. The van der Waals surface area contributed by atoms with Crippen molar-refractivity contribution in [3.05, 3.63) is 88.5 Å². The van der Waals surface area contributed by atoms with Crippen molar-refractivity contribution >= 4 is 29.4 Å². The molecule has 0 N–H and O–H groups in total. The zero-order valence-corrected chi connectivity index (χ0v) is 14.3. The molecule has 1 aromatic carbocycles. The normalized spacial score (nSPS) is 11.0. The van der Waals surface area contributed by atoms with Gasteiger partial charge in [-0.05, 0) is 41.0 Å². The summed E-state index contributed by atoms with van der Waals surface area (Å²) in [4.78, 5) is 24.7. The van der Waals surface area contributed by atoms with Gasteiger partial charge in [0, 0.05) is 10.6 Å². The fourth-order valence-corrected chi connectivity index (χ4v) is 2.86. The number of carbonyl (C=O) groups is 2. The maximum atomic E-state index is 12.7. The number of rotatable bonds is 4. The Morgan fingerprint density at radius 3 is 2.24 bits per heavy atom. The molecule has 0 aromatic heterocycles. The summed E-state index contributed by atoms with van der Waals surface area (Å²) in [5.74, 6) is -0.670. The maximum Gasteiger partial charge on any atom is 0.338 e. The first-order chi connectivity index (χ1) is 12.1. The second-order valence-corrected chi connectivity index (χ2v) is 5.83. The molecule has 25 heavy (non-hydrogen) atoms. The topological polar surface area (TPSA) is 43.4 Å². The first-order valence-electron chi connectivity index (χ1n) is 7.69. The van der Waals surface area contributed by atoms with E-state index in [0.29, 0.717) is 27.3 Å². The fourth-order valence-electron chi connectivity index (χ4n) is 2.67. The second kappa shape index (κ2) is 7.32. The smallest absolute Gasteiger partial charge is 0.338 e. The Bertz CT molecular complexity index is 943. The van der Waals surface area contributed by atoms with Crippen molar-refractivity contribution < 1.29 is 14.3 Å². The largest absolute Gasteiger partial charge is 0.465 e. The molecule has 4 heteroatoms. The summed E-state index contributed by atoms with van der Waals surface area (Å²) in [6.45, 7) is 0. The van der Waals surface area contributed by atoms with E-state index in [-0.39, 0.29) is 5.78 Å². The van der Waals surface area contributed by atoms with E-state index in [2.05, 4.69) is 0 Å². The molecule has 0 heterocycles. The number of methoxy groups -OCH3 is 1. The highest BCUT2D eigenvalue weighted by Gasteiger charge is 2.22. The molecule has 0 radical (unpaired) electrons. The lowest BCUT2D eigenvalue weighted by Gasteiger charge is -2.00. The summed E-state index contributed by atoms with van der Waals surface area (Å²) in [7, 11) is 1.32. The van der Waals surface area contributed by atoms with Crippen LogP contribution in [-0.2, 0) is 4.74 Å². The Labute approximate surface area is 150 Å². The van der Waals surface area contributed by atoms with Crippen molar-refractivity contribution in [3.63, 3.8) is 0 Å². The zero-order chi connectivity index (χ0) is 17.8. The minimum atomic E-state index is -0.467. The number of ether oxygens (including phenoxy) is 1. The monoisotopic (exact) mass is 350 g/mol. The average Bonchev–Trinajstić information content (AvgIpc) is 2.81. The Morgan fingerprint density at radius 2 is 1.56 bits per heavy atom. The molecule has 124 valence electrons. The molecule has 0 atom stereocenters. The summed E-state index contributed by atoms with van der Waals surface area (Å²) in [5, 5.41) is 0.570. The number of allylic oxidation sites excluding steroid dienone is 1. The molecule has 0 saturated carbocycles. The van der Waals surface area contributed by atoms with Gasteiger partial charge in [0.25, 0.3) is 0 Å². The molecule has 0 spiro atoms. The van der Waals surface area contributed by atoms with Crippen LogP contribution in [0.5, 0.6) is 0 Å². The van der Waals surface area contributed by atoms with Crippen molar-refractivity contribution in [2.75, 3.05) is 7.11 Å². The third-order valence-electron chi connectivity index (χ3n) is 3.90. The number of halogens is 1. The molecular formula is C21H15ClO3. The molecule has 3 nitrogen and oxygen atoms in total. The molecule has 0 fully saturated rings. The quantitative estimate of drug-likeness (QED) is 0.372. The maximum absolute atomic E-state index is 12.7. The Morgan fingerprint density at radius 1 is 0.920 bits per heavy atom. The number of fused-ring (bicyclic) bond motifs is 1. The number of esters is 1. The van der Waals surface area contributed by atoms with Crippen molar-refractivity contribution in [1.82, 2.24) is 0 Å². The van der Waals surface area contributed by atoms with Crippen LogP contribution >= 0.6 is 11.6 Å². The van der Waals surface area contributed by atoms with Gasteiger partial charge in [-0.1, -0.05) is 60.1 Å². The Hall–Kier alpha value is -2.91. The number of hydrogen-bond acceptors (Lipinski definition) is 3. The SMILES string of the molecule is COC(=O)c1cc(C(=O)/C=C/c2ccccc2Cl)c2cccccc1-2. The highest BCUT2D eigenvalue weighted by molar-refractivity contribution is 6.32. The van der Waals surface area contributed by atoms with E-state index in [4.69, 9.17) is 16.3 Å². The lowest BCUT2D eigenvalue weighted by Crippen LogP contribution is -2.00. The second-order valence-electron chi connectivity index (χ2n) is 5.42. The van der Waals surface area contributed by atoms with Crippen LogP contribution in [0.15, 0.2) is 66.7 Å². The zero-order valence-electron chi connectivity index (χ0n) is 13.5. The van der Waals surface area contributed by atoms with Crippen molar-refractivity contribution in [3.8, 4) is 11.1 Å². The minimum absolute atomic E-state index is 0.203. The standard InChI is InChI=1S/C21H15ClO3/c1-25-21(24)18-13-17(15-8-3-2-4-9-16(15)18)20(23)12-11-14-7-5-6-10-19(14)22/h2-13H,1H3/b12-11+. The molecule has 0 aliphatic heterocycles. The first kappa shape index (κ1) is 16.9.